The second-order valence-corrected chi connectivity index (χ2v) is 3.83. The van der Waals surface area contributed by atoms with Crippen molar-refractivity contribution in [3.05, 3.63) is 12.3 Å². The van der Waals surface area contributed by atoms with E-state index in [0.717, 1.165) is 5.75 Å². The predicted octanol–water partition coefficient (Wildman–Crippen LogP) is 0.850. The van der Waals surface area contributed by atoms with Crippen LogP contribution in [-0.4, -0.2) is 34.2 Å². The highest BCUT2D eigenvalue weighted by Gasteiger charge is 2.12. The Morgan fingerprint density at radius 2 is 2.53 bits per heavy atom. The lowest BCUT2D eigenvalue weighted by molar-refractivity contribution is -0.117. The zero-order valence-electron chi connectivity index (χ0n) is 8.40. The second kappa shape index (κ2) is 7.56. The van der Waals surface area contributed by atoms with Gasteiger partial charge in [-0.2, -0.15) is 16.9 Å². The van der Waals surface area contributed by atoms with Crippen LogP contribution in [-0.2, 0) is 4.79 Å². The first-order valence-electron chi connectivity index (χ1n) is 4.29. The van der Waals surface area contributed by atoms with E-state index in [1.165, 1.54) is 0 Å². The van der Waals surface area contributed by atoms with E-state index >= 15 is 0 Å². The third-order valence-electron chi connectivity index (χ3n) is 1.73. The fourth-order valence-corrected chi connectivity index (χ4v) is 1.42. The largest absolute Gasteiger partial charge is 0.320 e. The number of anilines is 1. The molecule has 0 spiro atoms. The van der Waals surface area contributed by atoms with Crippen molar-refractivity contribution in [2.45, 2.75) is 12.5 Å². The van der Waals surface area contributed by atoms with Crippen molar-refractivity contribution in [1.82, 2.24) is 10.2 Å². The normalized spacial score (nSPS) is 11.6. The summed E-state index contributed by atoms with van der Waals surface area (Å²) < 4.78 is 0. The Labute approximate surface area is 99.0 Å². The van der Waals surface area contributed by atoms with E-state index in [2.05, 4.69) is 15.5 Å². The maximum absolute atomic E-state index is 11.4. The Hall–Kier alpha value is -0.720. The number of nitrogens with one attached hydrogen (secondary N) is 2. The summed E-state index contributed by atoms with van der Waals surface area (Å²) >= 11 is 1.68. The van der Waals surface area contributed by atoms with Gasteiger partial charge in [0.25, 0.3) is 0 Å². The molecule has 0 unspecified atom stereocenters. The number of halogens is 1. The molecule has 1 heterocycles. The van der Waals surface area contributed by atoms with E-state index in [1.54, 1.807) is 24.0 Å². The van der Waals surface area contributed by atoms with Crippen LogP contribution in [0, 0.1) is 0 Å². The van der Waals surface area contributed by atoms with Gasteiger partial charge in [-0.05, 0) is 18.4 Å². The fraction of sp³-hybridized carbons (Fsp3) is 0.500. The maximum Gasteiger partial charge on any atom is 0.242 e. The molecule has 0 aliphatic carbocycles. The number of H-pyrrole nitrogens is 1. The van der Waals surface area contributed by atoms with Gasteiger partial charge < -0.3 is 11.1 Å². The van der Waals surface area contributed by atoms with E-state index in [1.807, 2.05) is 6.26 Å². The number of hydrogen-bond acceptors (Lipinski definition) is 4. The Morgan fingerprint density at radius 1 is 1.80 bits per heavy atom. The smallest absolute Gasteiger partial charge is 0.242 e. The molecule has 0 fully saturated rings. The molecule has 0 saturated heterocycles. The quantitative estimate of drug-likeness (QED) is 0.724. The summed E-state index contributed by atoms with van der Waals surface area (Å²) in [7, 11) is 0. The minimum Gasteiger partial charge on any atom is -0.320 e. The molecule has 86 valence electrons. The zero-order valence-corrected chi connectivity index (χ0v) is 10.0. The van der Waals surface area contributed by atoms with Crippen molar-refractivity contribution in [3.63, 3.8) is 0 Å². The SMILES string of the molecule is CSCC[C@H](N)C(=O)Nc1ccn[nH]1.Cl. The molecule has 1 amide bonds. The number of amides is 1. The van der Waals surface area contributed by atoms with E-state index in [4.69, 9.17) is 5.73 Å². The average molecular weight is 251 g/mol. The van der Waals surface area contributed by atoms with Crippen molar-refractivity contribution in [2.75, 3.05) is 17.3 Å². The molecule has 0 aliphatic rings. The highest BCUT2D eigenvalue weighted by atomic mass is 35.5. The van der Waals surface area contributed by atoms with E-state index < -0.39 is 6.04 Å². The summed E-state index contributed by atoms with van der Waals surface area (Å²) in [5.74, 6) is 1.29. The molecule has 0 bridgehead atoms. The molecule has 0 aromatic carbocycles. The van der Waals surface area contributed by atoms with Crippen molar-refractivity contribution < 1.29 is 4.79 Å². The number of hydrogen-bond donors (Lipinski definition) is 3. The van der Waals surface area contributed by atoms with E-state index in [0.29, 0.717) is 12.2 Å². The van der Waals surface area contributed by atoms with Gasteiger partial charge in [-0.15, -0.1) is 12.4 Å². The fourth-order valence-electron chi connectivity index (χ4n) is 0.927. The van der Waals surface area contributed by atoms with Gasteiger partial charge in [0, 0.05) is 6.07 Å². The number of nitrogens with two attached hydrogens (primary N) is 1. The summed E-state index contributed by atoms with van der Waals surface area (Å²) in [5.41, 5.74) is 5.66. The van der Waals surface area contributed by atoms with Crippen LogP contribution in [0.25, 0.3) is 0 Å². The number of carbonyl (C=O) groups excluding carboxylic acids is 1. The number of rotatable bonds is 5. The third kappa shape index (κ3) is 5.06. The molecular weight excluding hydrogens is 236 g/mol. The predicted molar refractivity (Wildman–Crippen MR) is 65.4 cm³/mol. The third-order valence-corrected chi connectivity index (χ3v) is 2.37. The van der Waals surface area contributed by atoms with Crippen LogP contribution in [0.3, 0.4) is 0 Å². The van der Waals surface area contributed by atoms with Crippen LogP contribution in [0.1, 0.15) is 6.42 Å². The number of aromatic amines is 1. The lowest BCUT2D eigenvalue weighted by Gasteiger charge is -2.09. The summed E-state index contributed by atoms with van der Waals surface area (Å²) in [6.07, 6.45) is 4.24. The number of nitrogens with zero attached hydrogens (tertiary/aromatic N) is 1. The standard InChI is InChI=1S/C8H14N4OS.ClH/c1-14-5-3-6(9)8(13)11-7-2-4-10-12-7;/h2,4,6H,3,5,9H2,1H3,(H2,10,11,12,13);1H/t6-;/m0./s1. The lowest BCUT2D eigenvalue weighted by atomic mass is 10.2. The van der Waals surface area contributed by atoms with E-state index in [9.17, 15) is 4.79 Å². The number of aromatic nitrogens is 2. The zero-order chi connectivity index (χ0) is 10.4. The molecule has 1 aromatic rings. The van der Waals surface area contributed by atoms with Crippen LogP contribution in [0.15, 0.2) is 12.3 Å². The first-order chi connectivity index (χ1) is 6.74. The molecule has 0 saturated carbocycles. The molecule has 5 nitrogen and oxygen atoms in total. The highest BCUT2D eigenvalue weighted by molar-refractivity contribution is 7.98. The first kappa shape index (κ1) is 14.3. The Kier molecular flexibility index (Phi) is 7.19. The van der Waals surface area contributed by atoms with Crippen LogP contribution < -0.4 is 11.1 Å². The first-order valence-corrected chi connectivity index (χ1v) is 5.68. The number of carbonyl (C=O) groups is 1. The van der Waals surface area contributed by atoms with Crippen LogP contribution >= 0.6 is 24.2 Å². The second-order valence-electron chi connectivity index (χ2n) is 2.85. The van der Waals surface area contributed by atoms with Gasteiger partial charge in [-0.25, -0.2) is 0 Å². The molecule has 0 aliphatic heterocycles. The minimum absolute atomic E-state index is 0. The highest BCUT2D eigenvalue weighted by Crippen LogP contribution is 2.03. The molecular formula is C8H15ClN4OS. The Bertz CT molecular complexity index is 280. The Morgan fingerprint density at radius 3 is 3.07 bits per heavy atom. The average Bonchev–Trinajstić information content (AvgIpc) is 2.66. The molecule has 7 heteroatoms. The van der Waals surface area contributed by atoms with Crippen LogP contribution in [0.2, 0.25) is 0 Å². The molecule has 1 aromatic heterocycles. The molecule has 4 N–H and O–H groups in total. The van der Waals surface area contributed by atoms with Crippen molar-refractivity contribution in [1.29, 1.82) is 0 Å². The van der Waals surface area contributed by atoms with Gasteiger partial charge in [0.1, 0.15) is 5.82 Å². The topological polar surface area (TPSA) is 83.8 Å². The van der Waals surface area contributed by atoms with Crippen LogP contribution in [0.5, 0.6) is 0 Å². The lowest BCUT2D eigenvalue weighted by Crippen LogP contribution is -2.36. The van der Waals surface area contributed by atoms with Gasteiger partial charge in [0.05, 0.1) is 12.2 Å². The molecule has 0 radical (unpaired) electrons. The molecule has 1 atom stereocenters. The monoisotopic (exact) mass is 250 g/mol. The van der Waals surface area contributed by atoms with Crippen LogP contribution in [0.4, 0.5) is 5.82 Å². The van der Waals surface area contributed by atoms with E-state index in [-0.39, 0.29) is 18.3 Å². The van der Waals surface area contributed by atoms with Gasteiger partial charge in [0.2, 0.25) is 5.91 Å². The van der Waals surface area contributed by atoms with Crippen molar-refractivity contribution in [3.8, 4) is 0 Å². The van der Waals surface area contributed by atoms with Crippen molar-refractivity contribution in [2.24, 2.45) is 5.73 Å². The van der Waals surface area contributed by atoms with Gasteiger partial charge >= 0.3 is 0 Å². The van der Waals surface area contributed by atoms with Crippen molar-refractivity contribution >= 4 is 35.9 Å². The minimum atomic E-state index is -0.453. The Balaban J connectivity index is 0.00000196. The summed E-state index contributed by atoms with van der Waals surface area (Å²) in [4.78, 5) is 11.4. The molecule has 15 heavy (non-hydrogen) atoms. The van der Waals surface area contributed by atoms with Gasteiger partial charge in [0.15, 0.2) is 0 Å². The van der Waals surface area contributed by atoms with Gasteiger partial charge in [-0.1, -0.05) is 0 Å². The summed E-state index contributed by atoms with van der Waals surface area (Å²) in [6.45, 7) is 0. The van der Waals surface area contributed by atoms with Gasteiger partial charge in [-0.3, -0.25) is 9.89 Å². The number of thioether (sulfide) groups is 1. The summed E-state index contributed by atoms with van der Waals surface area (Å²) in [5, 5.41) is 8.99. The maximum atomic E-state index is 11.4. The molecule has 1 rings (SSSR count). The summed E-state index contributed by atoms with van der Waals surface area (Å²) in [6, 6.07) is 1.23.